The first-order valence-corrected chi connectivity index (χ1v) is 9.12. The summed E-state index contributed by atoms with van der Waals surface area (Å²) < 4.78 is 0. The topological polar surface area (TPSA) is 96.6 Å². The van der Waals surface area contributed by atoms with Crippen molar-refractivity contribution < 1.29 is 9.72 Å². The van der Waals surface area contributed by atoms with Crippen LogP contribution in [0.1, 0.15) is 16.7 Å². The number of benzene rings is 3. The fourth-order valence-corrected chi connectivity index (χ4v) is 3.27. The normalized spacial score (nSPS) is 15.7. The van der Waals surface area contributed by atoms with Gasteiger partial charge in [-0.15, -0.1) is 0 Å². The van der Waals surface area contributed by atoms with E-state index in [4.69, 9.17) is 0 Å². The fraction of sp³-hybridized carbons (Fsp3) is 0.0909. The molecule has 1 atom stereocenters. The number of carbonyl (C=O) groups is 1. The van der Waals surface area contributed by atoms with Gasteiger partial charge < -0.3 is 5.32 Å². The number of para-hydroxylation sites is 2. The number of hydrogen-bond acceptors (Lipinski definition) is 5. The Morgan fingerprint density at radius 1 is 0.966 bits per heavy atom. The maximum Gasteiger partial charge on any atom is 0.273 e. The van der Waals surface area contributed by atoms with E-state index in [2.05, 4.69) is 15.6 Å². The van der Waals surface area contributed by atoms with Crippen LogP contribution in [-0.2, 0) is 11.3 Å². The summed E-state index contributed by atoms with van der Waals surface area (Å²) in [7, 11) is 0. The number of nitrogens with zero attached hydrogens (tertiary/aromatic N) is 2. The number of fused-ring (bicyclic) bond motifs is 1. The van der Waals surface area contributed by atoms with E-state index in [-0.39, 0.29) is 18.1 Å². The molecule has 0 radical (unpaired) electrons. The zero-order chi connectivity index (χ0) is 20.2. The molecule has 3 aromatic carbocycles. The predicted molar refractivity (Wildman–Crippen MR) is 111 cm³/mol. The van der Waals surface area contributed by atoms with Crippen LogP contribution in [0, 0.1) is 10.1 Å². The molecule has 2 N–H and O–H groups in total. The monoisotopic (exact) mass is 386 g/mol. The van der Waals surface area contributed by atoms with Gasteiger partial charge in [0.15, 0.2) is 6.17 Å². The van der Waals surface area contributed by atoms with Gasteiger partial charge in [0.25, 0.3) is 11.6 Å². The number of rotatable bonds is 5. The molecule has 0 aliphatic carbocycles. The van der Waals surface area contributed by atoms with E-state index < -0.39 is 11.1 Å². The average molecular weight is 386 g/mol. The first-order chi connectivity index (χ1) is 14.1. The standard InChI is InChI=1S/C22H18N4O3/c27-22-21(23-14-16-10-4-7-13-19(16)26(28)29)25-20(15-8-2-1-3-9-15)17-11-5-6-12-18(17)24-22/h1-13,21,23H,14H2,(H,24,27). The summed E-state index contributed by atoms with van der Waals surface area (Å²) in [6.07, 6.45) is -0.891. The van der Waals surface area contributed by atoms with Gasteiger partial charge in [0.2, 0.25) is 0 Å². The number of amides is 1. The van der Waals surface area contributed by atoms with Crippen LogP contribution in [0.2, 0.25) is 0 Å². The quantitative estimate of drug-likeness (QED) is 0.518. The van der Waals surface area contributed by atoms with Crippen molar-refractivity contribution in [1.82, 2.24) is 5.32 Å². The second kappa shape index (κ2) is 8.04. The molecular weight excluding hydrogens is 368 g/mol. The molecular formula is C22H18N4O3. The van der Waals surface area contributed by atoms with Crippen molar-refractivity contribution in [3.05, 3.63) is 106 Å². The number of nitro groups is 1. The molecule has 0 saturated carbocycles. The molecule has 0 fully saturated rings. The van der Waals surface area contributed by atoms with Crippen molar-refractivity contribution in [3.8, 4) is 0 Å². The summed E-state index contributed by atoms with van der Waals surface area (Å²) in [6.45, 7) is 0.136. The summed E-state index contributed by atoms with van der Waals surface area (Å²) in [5.74, 6) is -0.318. The number of carbonyl (C=O) groups excluding carboxylic acids is 1. The Hall–Kier alpha value is -3.84. The van der Waals surface area contributed by atoms with Crippen LogP contribution < -0.4 is 10.6 Å². The van der Waals surface area contributed by atoms with Gasteiger partial charge in [0.05, 0.1) is 16.3 Å². The lowest BCUT2D eigenvalue weighted by atomic mass is 10.0. The lowest BCUT2D eigenvalue weighted by Crippen LogP contribution is -2.38. The van der Waals surface area contributed by atoms with Crippen molar-refractivity contribution in [2.24, 2.45) is 4.99 Å². The smallest absolute Gasteiger partial charge is 0.273 e. The summed E-state index contributed by atoms with van der Waals surface area (Å²) in [4.78, 5) is 28.3. The molecule has 1 heterocycles. The maximum absolute atomic E-state index is 12.8. The molecule has 7 heteroatoms. The van der Waals surface area contributed by atoms with Gasteiger partial charge in [-0.3, -0.25) is 25.2 Å². The highest BCUT2D eigenvalue weighted by atomic mass is 16.6. The molecule has 144 valence electrons. The predicted octanol–water partition coefficient (Wildman–Crippen LogP) is 3.50. The maximum atomic E-state index is 12.8. The second-order valence-corrected chi connectivity index (χ2v) is 6.55. The van der Waals surface area contributed by atoms with Crippen LogP contribution in [0.3, 0.4) is 0 Å². The van der Waals surface area contributed by atoms with Crippen LogP contribution in [0.25, 0.3) is 0 Å². The summed E-state index contributed by atoms with van der Waals surface area (Å²) in [5.41, 5.74) is 3.55. The van der Waals surface area contributed by atoms with Crippen molar-refractivity contribution in [2.75, 3.05) is 5.32 Å². The highest BCUT2D eigenvalue weighted by molar-refractivity contribution is 6.19. The van der Waals surface area contributed by atoms with Gasteiger partial charge in [-0.2, -0.15) is 0 Å². The Morgan fingerprint density at radius 3 is 2.45 bits per heavy atom. The van der Waals surface area contributed by atoms with Crippen molar-refractivity contribution in [3.63, 3.8) is 0 Å². The Balaban J connectivity index is 1.69. The zero-order valence-corrected chi connectivity index (χ0v) is 15.4. The van der Waals surface area contributed by atoms with Crippen LogP contribution in [0.5, 0.6) is 0 Å². The molecule has 0 aromatic heterocycles. The van der Waals surface area contributed by atoms with E-state index in [0.717, 1.165) is 11.1 Å². The van der Waals surface area contributed by atoms with E-state index in [0.29, 0.717) is 17.0 Å². The Morgan fingerprint density at radius 2 is 1.66 bits per heavy atom. The molecule has 0 saturated heterocycles. The van der Waals surface area contributed by atoms with Crippen LogP contribution in [0.4, 0.5) is 11.4 Å². The van der Waals surface area contributed by atoms with Gasteiger partial charge >= 0.3 is 0 Å². The third-order valence-electron chi connectivity index (χ3n) is 4.67. The highest BCUT2D eigenvalue weighted by Gasteiger charge is 2.26. The molecule has 1 aliphatic rings. The highest BCUT2D eigenvalue weighted by Crippen LogP contribution is 2.24. The number of hydrogen-bond donors (Lipinski definition) is 2. The number of benzodiazepines with no additional fused rings is 1. The van der Waals surface area contributed by atoms with E-state index in [9.17, 15) is 14.9 Å². The largest absolute Gasteiger partial charge is 0.322 e. The van der Waals surface area contributed by atoms with E-state index >= 15 is 0 Å². The third-order valence-corrected chi connectivity index (χ3v) is 4.67. The van der Waals surface area contributed by atoms with Crippen molar-refractivity contribution in [1.29, 1.82) is 0 Å². The third kappa shape index (κ3) is 3.90. The molecule has 1 amide bonds. The van der Waals surface area contributed by atoms with Crippen LogP contribution in [-0.4, -0.2) is 22.7 Å². The lowest BCUT2D eigenvalue weighted by molar-refractivity contribution is -0.385. The van der Waals surface area contributed by atoms with E-state index in [1.54, 1.807) is 18.2 Å². The fourth-order valence-electron chi connectivity index (χ4n) is 3.27. The Kier molecular flexibility index (Phi) is 5.13. The minimum Gasteiger partial charge on any atom is -0.322 e. The second-order valence-electron chi connectivity index (χ2n) is 6.55. The average Bonchev–Trinajstić information content (AvgIpc) is 2.89. The van der Waals surface area contributed by atoms with Gasteiger partial charge in [-0.1, -0.05) is 66.7 Å². The Bertz CT molecular complexity index is 1100. The van der Waals surface area contributed by atoms with Gasteiger partial charge in [0, 0.05) is 29.3 Å². The van der Waals surface area contributed by atoms with Gasteiger partial charge in [0.1, 0.15) is 0 Å². The molecule has 1 aliphatic heterocycles. The number of anilines is 1. The first-order valence-electron chi connectivity index (χ1n) is 9.12. The summed E-state index contributed by atoms with van der Waals surface area (Å²) in [5, 5.41) is 17.2. The molecule has 7 nitrogen and oxygen atoms in total. The van der Waals surface area contributed by atoms with Gasteiger partial charge in [-0.05, 0) is 6.07 Å². The lowest BCUT2D eigenvalue weighted by Gasteiger charge is -2.13. The van der Waals surface area contributed by atoms with Crippen molar-refractivity contribution >= 4 is 23.0 Å². The number of nitro benzene ring substituents is 1. The molecule has 0 bridgehead atoms. The summed E-state index contributed by atoms with van der Waals surface area (Å²) >= 11 is 0. The number of aliphatic imine (C=N–C) groups is 1. The molecule has 0 spiro atoms. The summed E-state index contributed by atoms with van der Waals surface area (Å²) in [6, 6.07) is 23.5. The van der Waals surface area contributed by atoms with E-state index in [1.165, 1.54) is 6.07 Å². The minimum atomic E-state index is -0.891. The molecule has 29 heavy (non-hydrogen) atoms. The van der Waals surface area contributed by atoms with Crippen LogP contribution in [0.15, 0.2) is 83.9 Å². The van der Waals surface area contributed by atoms with Crippen LogP contribution >= 0.6 is 0 Å². The molecule has 4 rings (SSSR count). The molecule has 1 unspecified atom stereocenters. The van der Waals surface area contributed by atoms with Crippen molar-refractivity contribution in [2.45, 2.75) is 12.7 Å². The molecule has 3 aromatic rings. The van der Waals surface area contributed by atoms with Gasteiger partial charge in [-0.25, -0.2) is 0 Å². The number of nitrogens with one attached hydrogen (secondary N) is 2. The first kappa shape index (κ1) is 18.5. The Labute approximate surface area is 167 Å². The van der Waals surface area contributed by atoms with E-state index in [1.807, 2.05) is 54.6 Å². The zero-order valence-electron chi connectivity index (χ0n) is 15.4. The minimum absolute atomic E-state index is 0.00424. The SMILES string of the molecule is O=C1Nc2ccccc2C(c2ccccc2)=NC1NCc1ccccc1[N+](=O)[O-].